The maximum absolute atomic E-state index is 3.63. The van der Waals surface area contributed by atoms with Crippen molar-refractivity contribution >= 4 is 44.2 Å². The smallest absolute Gasteiger partial charge is 0.240 e. The van der Waals surface area contributed by atoms with Crippen molar-refractivity contribution in [1.82, 2.24) is 4.98 Å². The van der Waals surface area contributed by atoms with Gasteiger partial charge in [-0.3, -0.25) is 0 Å². The van der Waals surface area contributed by atoms with Crippen molar-refractivity contribution in [1.29, 1.82) is 0 Å². The Balaban J connectivity index is 1.94. The number of benzene rings is 3. The number of nitrogens with one attached hydrogen (secondary N) is 2. The fraction of sp³-hybridized carbons (Fsp3) is 0.0455. The molecule has 0 aliphatic rings. The summed E-state index contributed by atoms with van der Waals surface area (Å²) in [6, 6.07) is 27.3. The van der Waals surface area contributed by atoms with Gasteiger partial charge in [0.15, 0.2) is 0 Å². The molecule has 0 radical (unpaired) electrons. The van der Waals surface area contributed by atoms with Crippen LogP contribution in [0.3, 0.4) is 0 Å². The molecule has 0 atom stereocenters. The number of fused-ring (bicyclic) bond motifs is 4. The van der Waals surface area contributed by atoms with Gasteiger partial charge in [0.2, 0.25) is 11.0 Å². The highest BCUT2D eigenvalue weighted by molar-refractivity contribution is 6.13. The molecule has 0 aliphatic heterocycles. The number of aromatic amines is 1. The molecular weight excluding hydrogens is 306 g/mol. The number of rotatable bonds is 2. The highest BCUT2D eigenvalue weighted by atomic mass is 15.0. The lowest BCUT2D eigenvalue weighted by Crippen LogP contribution is -2.30. The number of pyridine rings is 1. The van der Waals surface area contributed by atoms with E-state index in [1.165, 1.54) is 21.8 Å². The first kappa shape index (κ1) is 14.1. The second-order valence-corrected chi connectivity index (χ2v) is 6.34. The lowest BCUT2D eigenvalue weighted by molar-refractivity contribution is -0.616. The van der Waals surface area contributed by atoms with Gasteiger partial charge in [0.25, 0.3) is 0 Å². The second kappa shape index (κ2) is 5.35. The number of hydrogen-bond acceptors (Lipinski definition) is 1. The molecule has 0 amide bonds. The van der Waals surface area contributed by atoms with Gasteiger partial charge in [0.1, 0.15) is 12.6 Å². The van der Waals surface area contributed by atoms with Crippen molar-refractivity contribution in [2.24, 2.45) is 7.05 Å². The van der Waals surface area contributed by atoms with Crippen LogP contribution in [0.5, 0.6) is 0 Å². The Morgan fingerprint density at radius 3 is 2.28 bits per heavy atom. The van der Waals surface area contributed by atoms with Crippen LogP contribution in [0, 0.1) is 0 Å². The molecule has 3 aromatic carbocycles. The normalized spacial score (nSPS) is 11.4. The molecule has 2 heterocycles. The van der Waals surface area contributed by atoms with Gasteiger partial charge in [-0.05, 0) is 30.3 Å². The van der Waals surface area contributed by atoms with Gasteiger partial charge in [-0.15, -0.1) is 0 Å². The Morgan fingerprint density at radius 2 is 1.44 bits per heavy atom. The van der Waals surface area contributed by atoms with Gasteiger partial charge in [-0.25, -0.2) is 0 Å². The number of H-pyrrole nitrogens is 1. The van der Waals surface area contributed by atoms with Crippen molar-refractivity contribution in [3.63, 3.8) is 0 Å². The Morgan fingerprint density at radius 1 is 0.760 bits per heavy atom. The van der Waals surface area contributed by atoms with Crippen LogP contribution < -0.4 is 9.88 Å². The Hall–Kier alpha value is -3.33. The van der Waals surface area contributed by atoms with E-state index in [0.717, 1.165) is 22.4 Å². The molecule has 3 nitrogen and oxygen atoms in total. The predicted molar refractivity (Wildman–Crippen MR) is 104 cm³/mol. The highest BCUT2D eigenvalue weighted by Crippen LogP contribution is 2.34. The fourth-order valence-corrected chi connectivity index (χ4v) is 3.68. The first-order chi connectivity index (χ1) is 12.3. The lowest BCUT2D eigenvalue weighted by Gasteiger charge is -2.10. The van der Waals surface area contributed by atoms with E-state index in [-0.39, 0.29) is 0 Å². The number of nitrogens with zero attached hydrogens (tertiary/aromatic N) is 1. The van der Waals surface area contributed by atoms with Crippen molar-refractivity contribution in [2.75, 3.05) is 5.32 Å². The van der Waals surface area contributed by atoms with Crippen LogP contribution >= 0.6 is 0 Å². The quantitative estimate of drug-likeness (QED) is 0.438. The predicted octanol–water partition coefficient (Wildman–Crippen LogP) is 5.04. The van der Waals surface area contributed by atoms with E-state index in [1.54, 1.807) is 0 Å². The molecule has 0 unspecified atom stereocenters. The molecule has 0 saturated carbocycles. The molecule has 5 rings (SSSR count). The zero-order chi connectivity index (χ0) is 16.8. The maximum atomic E-state index is 3.63. The summed E-state index contributed by atoms with van der Waals surface area (Å²) in [5, 5.41) is 6.07. The van der Waals surface area contributed by atoms with Gasteiger partial charge < -0.3 is 10.3 Å². The minimum atomic E-state index is 1.08. The zero-order valence-electron chi connectivity index (χ0n) is 14.0. The fourth-order valence-electron chi connectivity index (χ4n) is 3.68. The summed E-state index contributed by atoms with van der Waals surface area (Å²) in [5.41, 5.74) is 6.91. The first-order valence-corrected chi connectivity index (χ1v) is 8.46. The van der Waals surface area contributed by atoms with E-state index in [4.69, 9.17) is 0 Å². The van der Waals surface area contributed by atoms with Gasteiger partial charge in [0.05, 0.1) is 22.0 Å². The van der Waals surface area contributed by atoms with Gasteiger partial charge in [-0.1, -0.05) is 42.5 Å². The van der Waals surface area contributed by atoms with Crippen LogP contribution in [0.25, 0.3) is 32.8 Å². The number of hydrogen-bond donors (Lipinski definition) is 2. The molecule has 2 aromatic heterocycles. The molecule has 120 valence electrons. The third-order valence-electron chi connectivity index (χ3n) is 4.84. The maximum Gasteiger partial charge on any atom is 0.240 e. The third kappa shape index (κ3) is 2.09. The van der Waals surface area contributed by atoms with Crippen LogP contribution in [0.1, 0.15) is 0 Å². The Labute approximate surface area is 145 Å². The van der Waals surface area contributed by atoms with E-state index in [2.05, 4.69) is 94.7 Å². The summed E-state index contributed by atoms with van der Waals surface area (Å²) >= 11 is 0. The number of aromatic nitrogens is 2. The monoisotopic (exact) mass is 324 g/mol. The van der Waals surface area contributed by atoms with Gasteiger partial charge in [-0.2, -0.15) is 4.57 Å². The summed E-state index contributed by atoms with van der Waals surface area (Å²) < 4.78 is 2.28. The number of aryl methyl sites for hydroxylation is 1. The summed E-state index contributed by atoms with van der Waals surface area (Å²) in [4.78, 5) is 3.62. The molecule has 0 fully saturated rings. The average molecular weight is 324 g/mol. The molecule has 0 spiro atoms. The minimum absolute atomic E-state index is 1.08. The van der Waals surface area contributed by atoms with E-state index < -0.39 is 0 Å². The van der Waals surface area contributed by atoms with Gasteiger partial charge in [0, 0.05) is 11.8 Å². The van der Waals surface area contributed by atoms with Crippen molar-refractivity contribution in [2.45, 2.75) is 0 Å². The summed E-state index contributed by atoms with van der Waals surface area (Å²) in [6.07, 6.45) is 0. The van der Waals surface area contributed by atoms with Crippen molar-refractivity contribution in [3.05, 3.63) is 78.9 Å². The lowest BCUT2D eigenvalue weighted by atomic mass is 10.1. The number of anilines is 2. The van der Waals surface area contributed by atoms with Crippen LogP contribution in [-0.2, 0) is 7.05 Å². The number of para-hydroxylation sites is 3. The second-order valence-electron chi connectivity index (χ2n) is 6.34. The van der Waals surface area contributed by atoms with Crippen molar-refractivity contribution < 1.29 is 4.57 Å². The van der Waals surface area contributed by atoms with E-state index in [0.29, 0.717) is 0 Å². The van der Waals surface area contributed by atoms with E-state index in [9.17, 15) is 0 Å². The molecule has 0 aliphatic carbocycles. The topological polar surface area (TPSA) is 31.7 Å². The summed E-state index contributed by atoms with van der Waals surface area (Å²) in [5.74, 6) is 0. The van der Waals surface area contributed by atoms with Crippen LogP contribution in [0.4, 0.5) is 11.4 Å². The molecule has 0 bridgehead atoms. The summed E-state index contributed by atoms with van der Waals surface area (Å²) in [7, 11) is 2.14. The molecule has 2 N–H and O–H groups in total. The summed E-state index contributed by atoms with van der Waals surface area (Å²) in [6.45, 7) is 0. The largest absolute Gasteiger partial charge is 0.353 e. The van der Waals surface area contributed by atoms with E-state index in [1.807, 2.05) is 6.07 Å². The average Bonchev–Trinajstić information content (AvgIpc) is 3.06. The van der Waals surface area contributed by atoms with Crippen LogP contribution in [0.2, 0.25) is 0 Å². The van der Waals surface area contributed by atoms with Crippen molar-refractivity contribution in [3.8, 4) is 0 Å². The molecule has 0 saturated heterocycles. The van der Waals surface area contributed by atoms with E-state index >= 15 is 0 Å². The minimum Gasteiger partial charge on any atom is -0.353 e. The van der Waals surface area contributed by atoms with Crippen LogP contribution in [0.15, 0.2) is 78.9 Å². The third-order valence-corrected chi connectivity index (χ3v) is 4.84. The molecule has 3 heteroatoms. The first-order valence-electron chi connectivity index (χ1n) is 8.46. The Kier molecular flexibility index (Phi) is 3.01. The van der Waals surface area contributed by atoms with Gasteiger partial charge >= 0.3 is 0 Å². The molecule has 25 heavy (non-hydrogen) atoms. The standard InChI is InChI=1S/C22H17N3/c1-25-19-14-8-6-12-17(19)20(23-15-9-3-2-4-10-15)21-22(25)16-11-5-7-13-18(16)24-21/h2-14H,1H3,(H,23,24)/p+1. The Bertz CT molecular complexity index is 1220. The SMILES string of the molecule is C[n+]1c2ccccc2c(Nc2ccccc2)c2[nH]c3ccccc3c21. The zero-order valence-corrected chi connectivity index (χ0v) is 14.0. The van der Waals surface area contributed by atoms with Crippen LogP contribution in [-0.4, -0.2) is 4.98 Å². The molecular formula is C22H18N3+. The highest BCUT2D eigenvalue weighted by Gasteiger charge is 2.22. The molecule has 5 aromatic rings.